The van der Waals surface area contributed by atoms with Gasteiger partial charge in [-0.25, -0.2) is 4.98 Å². The van der Waals surface area contributed by atoms with E-state index in [1.807, 2.05) is 7.05 Å². The van der Waals surface area contributed by atoms with Gasteiger partial charge in [-0.05, 0) is 41.4 Å². The van der Waals surface area contributed by atoms with Crippen LogP contribution in [0.15, 0.2) is 5.38 Å². The van der Waals surface area contributed by atoms with Gasteiger partial charge in [-0.2, -0.15) is 0 Å². The molecule has 1 aromatic rings. The van der Waals surface area contributed by atoms with Crippen molar-refractivity contribution in [2.24, 2.45) is 0 Å². The summed E-state index contributed by atoms with van der Waals surface area (Å²) in [5, 5.41) is 6.81. The molecule has 0 aliphatic heterocycles. The van der Waals surface area contributed by atoms with Crippen LogP contribution in [-0.4, -0.2) is 42.6 Å². The van der Waals surface area contributed by atoms with Crippen LogP contribution in [0.3, 0.4) is 0 Å². The molecule has 0 aliphatic rings. The van der Waals surface area contributed by atoms with Crippen LogP contribution in [0.1, 0.15) is 31.0 Å². The maximum Gasteiger partial charge on any atom is 0.0944 e. The van der Waals surface area contributed by atoms with Crippen molar-refractivity contribution in [2.45, 2.75) is 45.2 Å². The minimum atomic E-state index is 0.161. The largest absolute Gasteiger partial charge is 0.315 e. The molecule has 0 bridgehead atoms. The van der Waals surface area contributed by atoms with E-state index < -0.39 is 0 Å². The number of likely N-dealkylation sites (N-methyl/N-ethyl adjacent to an activating group) is 2. The molecule has 0 saturated carbocycles. The Balaban J connectivity index is 2.83. The molecular weight excluding hydrogens is 230 g/mol. The molecule has 17 heavy (non-hydrogen) atoms. The quantitative estimate of drug-likeness (QED) is 0.845. The molecule has 0 amide bonds. The number of hydrogen-bond acceptors (Lipinski definition) is 4. The minimum absolute atomic E-state index is 0.161. The Morgan fingerprint density at radius 1 is 1.53 bits per heavy atom. The predicted octanol–water partition coefficient (Wildman–Crippen LogP) is 2.31. The highest BCUT2D eigenvalue weighted by Gasteiger charge is 2.34. The van der Waals surface area contributed by atoms with Crippen LogP contribution in [0.5, 0.6) is 0 Å². The fourth-order valence-corrected chi connectivity index (χ4v) is 3.00. The molecule has 98 valence electrons. The second kappa shape index (κ2) is 5.94. The lowest BCUT2D eigenvalue weighted by molar-refractivity contribution is 0.116. The second-order valence-corrected chi connectivity index (χ2v) is 5.98. The molecule has 0 aliphatic carbocycles. The highest BCUT2D eigenvalue weighted by molar-refractivity contribution is 7.09. The minimum Gasteiger partial charge on any atom is -0.315 e. The number of aromatic nitrogens is 1. The molecule has 0 spiro atoms. The number of thiazole rings is 1. The molecule has 4 heteroatoms. The van der Waals surface area contributed by atoms with E-state index in [1.54, 1.807) is 11.3 Å². The van der Waals surface area contributed by atoms with E-state index in [2.05, 4.69) is 55.4 Å². The predicted molar refractivity (Wildman–Crippen MR) is 75.8 cm³/mol. The number of rotatable bonds is 6. The van der Waals surface area contributed by atoms with Gasteiger partial charge in [0.15, 0.2) is 0 Å². The van der Waals surface area contributed by atoms with Crippen molar-refractivity contribution in [3.05, 3.63) is 16.1 Å². The summed E-state index contributed by atoms with van der Waals surface area (Å²) >= 11 is 1.76. The zero-order valence-electron chi connectivity index (χ0n) is 11.9. The van der Waals surface area contributed by atoms with Crippen LogP contribution in [0, 0.1) is 6.92 Å². The molecule has 3 nitrogen and oxygen atoms in total. The summed E-state index contributed by atoms with van der Waals surface area (Å²) in [6, 6.07) is 0.424. The first-order chi connectivity index (χ1) is 7.93. The summed E-state index contributed by atoms with van der Waals surface area (Å²) in [7, 11) is 6.35. The Kier molecular flexibility index (Phi) is 5.10. The van der Waals surface area contributed by atoms with Crippen LogP contribution in [-0.2, 0) is 6.42 Å². The van der Waals surface area contributed by atoms with Crippen LogP contribution in [0.25, 0.3) is 0 Å². The molecule has 1 aromatic heterocycles. The summed E-state index contributed by atoms with van der Waals surface area (Å²) in [6.45, 7) is 6.62. The van der Waals surface area contributed by atoms with E-state index in [1.165, 1.54) is 5.01 Å². The van der Waals surface area contributed by atoms with E-state index >= 15 is 0 Å². The van der Waals surface area contributed by atoms with Crippen molar-refractivity contribution in [3.8, 4) is 0 Å². The number of aryl methyl sites for hydroxylation is 1. The van der Waals surface area contributed by atoms with Crippen molar-refractivity contribution in [3.63, 3.8) is 0 Å². The summed E-state index contributed by atoms with van der Waals surface area (Å²) < 4.78 is 0. The van der Waals surface area contributed by atoms with E-state index in [-0.39, 0.29) is 5.54 Å². The van der Waals surface area contributed by atoms with Crippen LogP contribution in [0.4, 0.5) is 0 Å². The highest BCUT2D eigenvalue weighted by atomic mass is 32.1. The van der Waals surface area contributed by atoms with Gasteiger partial charge in [-0.3, -0.25) is 0 Å². The van der Waals surface area contributed by atoms with E-state index in [0.717, 1.165) is 18.5 Å². The fraction of sp³-hybridized carbons (Fsp3) is 0.769. The van der Waals surface area contributed by atoms with E-state index in [4.69, 9.17) is 0 Å². The molecule has 1 heterocycles. The van der Waals surface area contributed by atoms with Crippen LogP contribution in [0.2, 0.25) is 0 Å². The highest BCUT2D eigenvalue weighted by Crippen LogP contribution is 2.24. The number of nitrogens with one attached hydrogen (secondary N) is 1. The standard InChI is InChI=1S/C13H25N3S/c1-7-13(3,16(5)6)11(14-4)8-12-15-10(2)9-17-12/h9,11,14H,7-8H2,1-6H3. The summed E-state index contributed by atoms with van der Waals surface area (Å²) in [5.74, 6) is 0. The summed E-state index contributed by atoms with van der Waals surface area (Å²) in [6.07, 6.45) is 2.12. The lowest BCUT2D eigenvalue weighted by atomic mass is 9.86. The summed E-state index contributed by atoms with van der Waals surface area (Å²) in [5.41, 5.74) is 1.29. The maximum absolute atomic E-state index is 4.57. The monoisotopic (exact) mass is 255 g/mol. The van der Waals surface area contributed by atoms with Gasteiger partial charge in [0.2, 0.25) is 0 Å². The van der Waals surface area contributed by atoms with Gasteiger partial charge in [0.25, 0.3) is 0 Å². The lowest BCUT2D eigenvalue weighted by Gasteiger charge is -2.42. The molecule has 2 atom stereocenters. The fourth-order valence-electron chi connectivity index (χ4n) is 2.18. The normalized spacial score (nSPS) is 17.1. The lowest BCUT2D eigenvalue weighted by Crippen LogP contribution is -2.56. The van der Waals surface area contributed by atoms with Crippen LogP contribution >= 0.6 is 11.3 Å². The van der Waals surface area contributed by atoms with Crippen molar-refractivity contribution in [1.29, 1.82) is 0 Å². The SMILES string of the molecule is CCC(C)(C(Cc1nc(C)cs1)NC)N(C)C. The third-order valence-corrected chi connectivity index (χ3v) is 4.87. The molecule has 0 radical (unpaired) electrons. The molecule has 0 fully saturated rings. The topological polar surface area (TPSA) is 28.2 Å². The maximum atomic E-state index is 4.57. The first-order valence-corrected chi connectivity index (χ1v) is 7.07. The average molecular weight is 255 g/mol. The first-order valence-electron chi connectivity index (χ1n) is 6.19. The van der Waals surface area contributed by atoms with Gasteiger partial charge in [0, 0.05) is 29.1 Å². The van der Waals surface area contributed by atoms with Crippen molar-refractivity contribution >= 4 is 11.3 Å². The van der Waals surface area contributed by atoms with Gasteiger partial charge in [0.1, 0.15) is 0 Å². The second-order valence-electron chi connectivity index (χ2n) is 5.03. The van der Waals surface area contributed by atoms with Gasteiger partial charge in [-0.15, -0.1) is 11.3 Å². The molecule has 0 aromatic carbocycles. The third kappa shape index (κ3) is 3.27. The van der Waals surface area contributed by atoms with Gasteiger partial charge < -0.3 is 10.2 Å². The molecule has 1 rings (SSSR count). The number of hydrogen-bond donors (Lipinski definition) is 1. The zero-order chi connectivity index (χ0) is 13.1. The average Bonchev–Trinajstić information content (AvgIpc) is 2.70. The Morgan fingerprint density at radius 2 is 2.18 bits per heavy atom. The van der Waals surface area contributed by atoms with Crippen molar-refractivity contribution in [1.82, 2.24) is 15.2 Å². The Hall–Kier alpha value is -0.450. The zero-order valence-corrected chi connectivity index (χ0v) is 12.7. The Labute approximate surface area is 109 Å². The Morgan fingerprint density at radius 3 is 2.53 bits per heavy atom. The van der Waals surface area contributed by atoms with Gasteiger partial charge >= 0.3 is 0 Å². The van der Waals surface area contributed by atoms with Crippen molar-refractivity contribution in [2.75, 3.05) is 21.1 Å². The first kappa shape index (κ1) is 14.6. The van der Waals surface area contributed by atoms with Gasteiger partial charge in [0.05, 0.1) is 5.01 Å². The van der Waals surface area contributed by atoms with E-state index in [9.17, 15) is 0 Å². The van der Waals surface area contributed by atoms with Crippen LogP contribution < -0.4 is 5.32 Å². The van der Waals surface area contributed by atoms with Crippen molar-refractivity contribution < 1.29 is 0 Å². The molecule has 2 unspecified atom stereocenters. The molecule has 1 N–H and O–H groups in total. The van der Waals surface area contributed by atoms with E-state index in [0.29, 0.717) is 6.04 Å². The molecule has 0 saturated heterocycles. The van der Waals surface area contributed by atoms with Gasteiger partial charge in [-0.1, -0.05) is 6.92 Å². The molecular formula is C13H25N3S. The third-order valence-electron chi connectivity index (χ3n) is 3.88. The smallest absolute Gasteiger partial charge is 0.0944 e. The Bertz CT molecular complexity index is 348. The number of nitrogens with zero attached hydrogens (tertiary/aromatic N) is 2. The summed E-state index contributed by atoms with van der Waals surface area (Å²) in [4.78, 5) is 6.88.